The number of carboxylic acids is 3. The van der Waals surface area contributed by atoms with Crippen molar-refractivity contribution in [3.63, 3.8) is 0 Å². The van der Waals surface area contributed by atoms with Crippen LogP contribution in [-0.2, 0) is 66.9 Å². The number of carboxylic acid groups (broad SMARTS) is 3. The molecule has 0 fully saturated rings. The van der Waals surface area contributed by atoms with Crippen LogP contribution in [0, 0.1) is 11.8 Å². The van der Waals surface area contributed by atoms with Gasteiger partial charge in [0.15, 0.2) is 11.6 Å². The summed E-state index contributed by atoms with van der Waals surface area (Å²) in [5.74, 6) is -8.19. The van der Waals surface area contributed by atoms with Crippen LogP contribution in [0.2, 0.25) is 0 Å². The van der Waals surface area contributed by atoms with Crippen LogP contribution < -0.4 is 32.7 Å². The second kappa shape index (κ2) is 51.1. The molecule has 0 saturated carbocycles. The Morgan fingerprint density at radius 2 is 0.938 bits per heavy atom. The molecule has 1 unspecified atom stereocenters. The van der Waals surface area contributed by atoms with E-state index in [1.807, 2.05) is 0 Å². The highest BCUT2D eigenvalue weighted by molar-refractivity contribution is 6.41. The third kappa shape index (κ3) is 43.9. The monoisotopic (exact) mass is 1140 g/mol. The van der Waals surface area contributed by atoms with E-state index in [1.54, 1.807) is 13.8 Å². The van der Waals surface area contributed by atoms with Crippen LogP contribution in [0.15, 0.2) is 0 Å². The standard InChI is InChI=1S/C57H102N6O17/c1-43(2)49(65)42-80-39-36-77-34-21-22-45(64)41-79-38-37-78-35-33-60-50(66)29-27-44(57(75)76)40-61-46(23-17-19-31-58)54(72)55(73)47(28-30-53(70)71)63-56(74)48(24-18-20-32-59)62-51(67)25-15-13-11-9-7-5-3-4-6-8-10-12-14-16-26-52(68)69/h43-44,46-48,61H,3-42,58-59H2,1-2H3,(H,60,66)(H,62,67)(H,63,74)(H,68,69)(H,70,71)(H,75,76)/t44-,46+,47?,48+/m1/s1. The van der Waals surface area contributed by atoms with Crippen LogP contribution in [0.3, 0.4) is 0 Å². The highest BCUT2D eigenvalue weighted by Crippen LogP contribution is 2.16. The van der Waals surface area contributed by atoms with E-state index in [0.29, 0.717) is 64.9 Å². The Balaban J connectivity index is 5.05. The molecule has 23 heteroatoms. The highest BCUT2D eigenvalue weighted by atomic mass is 16.5. The van der Waals surface area contributed by atoms with E-state index < -0.39 is 78.2 Å². The zero-order valence-electron chi connectivity index (χ0n) is 48.4. The molecule has 0 aromatic carbocycles. The number of nitrogens with one attached hydrogen (secondary N) is 4. The summed E-state index contributed by atoms with van der Waals surface area (Å²) in [6.45, 7) is 5.45. The molecule has 0 heterocycles. The summed E-state index contributed by atoms with van der Waals surface area (Å²) >= 11 is 0. The molecule has 0 aliphatic rings. The van der Waals surface area contributed by atoms with E-state index >= 15 is 0 Å². The predicted molar refractivity (Wildman–Crippen MR) is 301 cm³/mol. The summed E-state index contributed by atoms with van der Waals surface area (Å²) in [4.78, 5) is 126. The zero-order valence-corrected chi connectivity index (χ0v) is 48.4. The van der Waals surface area contributed by atoms with Gasteiger partial charge in [0.2, 0.25) is 29.3 Å². The van der Waals surface area contributed by atoms with Crippen LogP contribution in [0.25, 0.3) is 0 Å². The number of hydrogen-bond donors (Lipinski definition) is 9. The lowest BCUT2D eigenvalue weighted by atomic mass is 9.94. The van der Waals surface area contributed by atoms with Gasteiger partial charge in [0.25, 0.3) is 0 Å². The van der Waals surface area contributed by atoms with Crippen molar-refractivity contribution in [1.29, 1.82) is 0 Å². The maximum atomic E-state index is 13.9. The fourth-order valence-electron chi connectivity index (χ4n) is 8.34. The number of nitrogens with two attached hydrogens (primary N) is 2. The molecule has 0 aromatic heterocycles. The van der Waals surface area contributed by atoms with E-state index in [9.17, 15) is 58.2 Å². The Kier molecular flexibility index (Phi) is 48.1. The first-order chi connectivity index (χ1) is 38.4. The van der Waals surface area contributed by atoms with Gasteiger partial charge in [-0.15, -0.1) is 0 Å². The number of ketones is 4. The largest absolute Gasteiger partial charge is 0.481 e. The van der Waals surface area contributed by atoms with Gasteiger partial charge in [-0.2, -0.15) is 0 Å². The third-order valence-corrected chi connectivity index (χ3v) is 13.3. The summed E-state index contributed by atoms with van der Waals surface area (Å²) in [5, 5.41) is 39.1. The van der Waals surface area contributed by atoms with Crippen molar-refractivity contribution in [2.75, 3.05) is 79.0 Å². The van der Waals surface area contributed by atoms with Crippen molar-refractivity contribution in [3.05, 3.63) is 0 Å². The van der Waals surface area contributed by atoms with Gasteiger partial charge in [-0.05, 0) is 77.3 Å². The summed E-state index contributed by atoms with van der Waals surface area (Å²) in [7, 11) is 0. The molecule has 0 spiro atoms. The molecule has 80 heavy (non-hydrogen) atoms. The molecule has 0 bridgehead atoms. The zero-order chi connectivity index (χ0) is 59.6. The lowest BCUT2D eigenvalue weighted by Crippen LogP contribution is -2.55. The Morgan fingerprint density at radius 3 is 1.48 bits per heavy atom. The van der Waals surface area contributed by atoms with E-state index in [4.69, 9.17) is 35.5 Å². The fourth-order valence-corrected chi connectivity index (χ4v) is 8.34. The number of hydrogen-bond acceptors (Lipinski definition) is 17. The minimum atomic E-state index is -1.56. The van der Waals surface area contributed by atoms with Crippen molar-refractivity contribution < 1.29 is 82.2 Å². The molecule has 3 amide bonds. The molecule has 0 aliphatic heterocycles. The smallest absolute Gasteiger partial charge is 0.307 e. The van der Waals surface area contributed by atoms with Gasteiger partial charge in [-0.3, -0.25) is 47.9 Å². The maximum Gasteiger partial charge on any atom is 0.307 e. The first kappa shape index (κ1) is 75.2. The highest BCUT2D eigenvalue weighted by Gasteiger charge is 2.35. The van der Waals surface area contributed by atoms with Gasteiger partial charge in [-0.25, -0.2) is 0 Å². The summed E-state index contributed by atoms with van der Waals surface area (Å²) in [6.07, 6.45) is 16.4. The molecule has 462 valence electrons. The average Bonchev–Trinajstić information content (AvgIpc) is 3.41. The Labute approximate surface area is 475 Å². The van der Waals surface area contributed by atoms with Crippen LogP contribution in [0.4, 0.5) is 0 Å². The van der Waals surface area contributed by atoms with Gasteiger partial charge in [0.05, 0.1) is 51.0 Å². The van der Waals surface area contributed by atoms with Gasteiger partial charge in [0.1, 0.15) is 19.3 Å². The molecule has 11 N–H and O–H groups in total. The lowest BCUT2D eigenvalue weighted by molar-refractivity contribution is -0.143. The summed E-state index contributed by atoms with van der Waals surface area (Å²) in [6, 6.07) is -3.86. The third-order valence-electron chi connectivity index (χ3n) is 13.3. The number of aliphatic carboxylic acids is 3. The molecule has 0 rings (SSSR count). The number of carbonyl (C=O) groups is 10. The molecular formula is C57H102N6O17. The molecular weight excluding hydrogens is 1040 g/mol. The molecule has 23 nitrogen and oxygen atoms in total. The lowest BCUT2D eigenvalue weighted by Gasteiger charge is -2.25. The van der Waals surface area contributed by atoms with Gasteiger partial charge >= 0.3 is 17.9 Å². The van der Waals surface area contributed by atoms with Crippen molar-refractivity contribution >= 4 is 58.8 Å². The second-order valence-corrected chi connectivity index (χ2v) is 20.7. The van der Waals surface area contributed by atoms with Crippen LogP contribution in [-0.4, -0.2) is 171 Å². The van der Waals surface area contributed by atoms with Crippen LogP contribution in [0.5, 0.6) is 0 Å². The normalized spacial score (nSPS) is 12.8. The minimum Gasteiger partial charge on any atom is -0.481 e. The second-order valence-electron chi connectivity index (χ2n) is 20.7. The average molecular weight is 1140 g/mol. The number of Topliss-reactive ketones (excluding diaryl/α,β-unsaturated/α-hetero) is 4. The van der Waals surface area contributed by atoms with Crippen molar-refractivity contribution in [1.82, 2.24) is 21.3 Å². The van der Waals surface area contributed by atoms with Crippen LogP contribution >= 0.6 is 0 Å². The minimum absolute atomic E-state index is 0.0231. The molecule has 0 saturated heterocycles. The van der Waals surface area contributed by atoms with Gasteiger partial charge < -0.3 is 67.0 Å². The quantitative estimate of drug-likeness (QED) is 0.0293. The Hall–Kier alpha value is -4.78. The van der Waals surface area contributed by atoms with E-state index in [0.717, 1.165) is 57.8 Å². The van der Waals surface area contributed by atoms with Crippen molar-refractivity contribution in [2.45, 2.75) is 212 Å². The Morgan fingerprint density at radius 1 is 0.438 bits per heavy atom. The summed E-state index contributed by atoms with van der Waals surface area (Å²) < 4.78 is 21.5. The maximum absolute atomic E-state index is 13.9. The van der Waals surface area contributed by atoms with Crippen LogP contribution in [0.1, 0.15) is 194 Å². The number of amides is 3. The van der Waals surface area contributed by atoms with E-state index in [-0.39, 0.29) is 121 Å². The molecule has 0 radical (unpaired) electrons. The predicted octanol–water partition coefficient (Wildman–Crippen LogP) is 4.74. The molecule has 0 aliphatic carbocycles. The Bertz CT molecular complexity index is 1750. The first-order valence-corrected chi connectivity index (χ1v) is 29.5. The molecule has 4 atom stereocenters. The van der Waals surface area contributed by atoms with E-state index in [1.165, 1.54) is 25.7 Å². The number of unbranched alkanes of at least 4 members (excludes halogenated alkanes) is 15. The topological polar surface area (TPSA) is 368 Å². The SMILES string of the molecule is CC(C)C(=O)COCCOCCCC(=O)COCCOCCNC(=O)CC[C@H](CN[C@@H](CCCCN)C(=O)C(=O)C(CCC(=O)O)NC(=O)[C@H](CCCCN)NC(=O)CCCCCCCCCCCCCCCCC(=O)O)C(=O)O. The van der Waals surface area contributed by atoms with E-state index in [2.05, 4.69) is 21.3 Å². The first-order valence-electron chi connectivity index (χ1n) is 29.5. The van der Waals surface area contributed by atoms with Gasteiger partial charge in [-0.1, -0.05) is 97.3 Å². The fraction of sp³-hybridized carbons (Fsp3) is 0.825. The number of rotatable bonds is 59. The van der Waals surface area contributed by atoms with Gasteiger partial charge in [0, 0.05) is 57.7 Å². The summed E-state index contributed by atoms with van der Waals surface area (Å²) in [5.41, 5.74) is 11.4. The van der Waals surface area contributed by atoms with Crippen molar-refractivity contribution in [2.24, 2.45) is 23.3 Å². The number of ether oxygens (including phenoxy) is 4. The van der Waals surface area contributed by atoms with Crippen molar-refractivity contribution in [3.8, 4) is 0 Å². The molecule has 0 aromatic rings. The number of carbonyl (C=O) groups excluding carboxylic acids is 7.